The van der Waals surface area contributed by atoms with Gasteiger partial charge in [-0.15, -0.1) is 0 Å². The molecule has 2 aromatic carbocycles. The number of anilines is 1. The maximum absolute atomic E-state index is 13.7. The van der Waals surface area contributed by atoms with Gasteiger partial charge in [-0.25, -0.2) is 4.39 Å². The van der Waals surface area contributed by atoms with Crippen molar-refractivity contribution < 1.29 is 18.7 Å². The first-order valence-corrected chi connectivity index (χ1v) is 7.58. The van der Waals surface area contributed by atoms with Crippen molar-refractivity contribution in [2.24, 2.45) is 0 Å². The van der Waals surface area contributed by atoms with Crippen molar-refractivity contribution in [2.75, 3.05) is 19.5 Å². The van der Waals surface area contributed by atoms with Gasteiger partial charge in [0.05, 0.1) is 31.2 Å². The first-order chi connectivity index (χ1) is 12.1. The van der Waals surface area contributed by atoms with Crippen LogP contribution in [-0.4, -0.2) is 24.7 Å². The molecule has 0 radical (unpaired) electrons. The molecule has 3 rings (SSSR count). The van der Waals surface area contributed by atoms with Gasteiger partial charge in [0.2, 0.25) is 0 Å². The molecule has 0 aliphatic rings. The van der Waals surface area contributed by atoms with E-state index < -0.39 is 11.7 Å². The zero-order chi connectivity index (χ0) is 17.8. The van der Waals surface area contributed by atoms with Gasteiger partial charge in [0, 0.05) is 18.5 Å². The van der Waals surface area contributed by atoms with Gasteiger partial charge in [0.15, 0.2) is 0 Å². The van der Waals surface area contributed by atoms with Gasteiger partial charge in [-0.1, -0.05) is 0 Å². The van der Waals surface area contributed by atoms with Crippen LogP contribution in [0.4, 0.5) is 10.1 Å². The van der Waals surface area contributed by atoms with Crippen LogP contribution in [0.1, 0.15) is 10.4 Å². The number of halogens is 1. The van der Waals surface area contributed by atoms with E-state index in [1.165, 1.54) is 26.4 Å². The molecule has 0 saturated carbocycles. The van der Waals surface area contributed by atoms with Crippen molar-refractivity contribution in [1.29, 1.82) is 0 Å². The highest BCUT2D eigenvalue weighted by Gasteiger charge is 2.16. The molecule has 0 spiro atoms. The van der Waals surface area contributed by atoms with E-state index >= 15 is 0 Å². The lowest BCUT2D eigenvalue weighted by Gasteiger charge is -2.14. The molecular weight excluding hydrogens is 323 g/mol. The number of carbonyl (C=O) groups excluding carboxylic acids is 1. The number of carbonyl (C=O) groups is 1. The Labute approximate surface area is 144 Å². The highest BCUT2D eigenvalue weighted by molar-refractivity contribution is 6.07. The third-order valence-electron chi connectivity index (χ3n) is 3.74. The summed E-state index contributed by atoms with van der Waals surface area (Å²) in [6.07, 6.45) is 3.58. The van der Waals surface area contributed by atoms with Crippen molar-refractivity contribution in [3.63, 3.8) is 0 Å². The van der Waals surface area contributed by atoms with Crippen molar-refractivity contribution in [2.45, 2.75) is 0 Å². The van der Waals surface area contributed by atoms with Gasteiger partial charge in [0.25, 0.3) is 5.91 Å². The minimum atomic E-state index is -0.487. The molecule has 6 heteroatoms. The van der Waals surface area contributed by atoms with Crippen molar-refractivity contribution in [3.8, 4) is 17.2 Å². The molecule has 0 bridgehead atoms. The highest BCUT2D eigenvalue weighted by atomic mass is 19.1. The molecule has 0 aliphatic carbocycles. The number of benzene rings is 2. The summed E-state index contributed by atoms with van der Waals surface area (Å²) in [6, 6.07) is 12.8. The first kappa shape index (κ1) is 16.6. The van der Waals surface area contributed by atoms with E-state index in [1.54, 1.807) is 41.2 Å². The Morgan fingerprint density at radius 3 is 2.48 bits per heavy atom. The van der Waals surface area contributed by atoms with E-state index in [0.29, 0.717) is 22.9 Å². The molecule has 0 aliphatic heterocycles. The number of rotatable bonds is 5. The third-order valence-corrected chi connectivity index (χ3v) is 3.74. The number of hydrogen-bond acceptors (Lipinski definition) is 3. The summed E-state index contributed by atoms with van der Waals surface area (Å²) in [5.74, 6) is 0.113. The van der Waals surface area contributed by atoms with Crippen LogP contribution in [0.2, 0.25) is 0 Å². The summed E-state index contributed by atoms with van der Waals surface area (Å²) in [7, 11) is 3.04. The van der Waals surface area contributed by atoms with Gasteiger partial charge in [0.1, 0.15) is 17.3 Å². The molecule has 1 aromatic heterocycles. The van der Waals surface area contributed by atoms with E-state index in [4.69, 9.17) is 9.47 Å². The molecule has 1 amide bonds. The normalized spacial score (nSPS) is 10.4. The fourth-order valence-electron chi connectivity index (χ4n) is 2.51. The molecule has 128 valence electrons. The van der Waals surface area contributed by atoms with Gasteiger partial charge < -0.3 is 19.4 Å². The average Bonchev–Trinajstić information content (AvgIpc) is 3.16. The van der Waals surface area contributed by atoms with Crippen LogP contribution in [0, 0.1) is 5.82 Å². The van der Waals surface area contributed by atoms with Crippen LogP contribution in [0.25, 0.3) is 5.69 Å². The summed E-state index contributed by atoms with van der Waals surface area (Å²) in [5, 5.41) is 2.76. The van der Waals surface area contributed by atoms with E-state index in [0.717, 1.165) is 0 Å². The lowest BCUT2D eigenvalue weighted by atomic mass is 10.1. The second kappa shape index (κ2) is 7.09. The number of nitrogens with one attached hydrogen (secondary N) is 1. The average molecular weight is 340 g/mol. The standard InChI is InChI=1S/C19H17FN2O3/c1-24-14-6-8-18(25-2)16(12-14)21-19(23)15-11-13(20)5-7-17(15)22-9-3-4-10-22/h3-12H,1-2H3,(H,21,23). The van der Waals surface area contributed by atoms with Crippen molar-refractivity contribution in [3.05, 3.63) is 72.3 Å². The zero-order valence-electron chi connectivity index (χ0n) is 13.8. The summed E-state index contributed by atoms with van der Waals surface area (Å²) in [6.45, 7) is 0. The predicted molar refractivity (Wildman–Crippen MR) is 93.2 cm³/mol. The summed E-state index contributed by atoms with van der Waals surface area (Å²) in [4.78, 5) is 12.8. The summed E-state index contributed by atoms with van der Waals surface area (Å²) < 4.78 is 25.9. The van der Waals surface area contributed by atoms with Crippen LogP contribution >= 0.6 is 0 Å². The fourth-order valence-corrected chi connectivity index (χ4v) is 2.51. The SMILES string of the molecule is COc1ccc(OC)c(NC(=O)c2cc(F)ccc2-n2cccc2)c1. The van der Waals surface area contributed by atoms with E-state index in [-0.39, 0.29) is 5.56 Å². The van der Waals surface area contributed by atoms with Crippen LogP contribution in [0.15, 0.2) is 60.9 Å². The molecule has 25 heavy (non-hydrogen) atoms. The van der Waals surface area contributed by atoms with Crippen LogP contribution in [-0.2, 0) is 0 Å². The highest BCUT2D eigenvalue weighted by Crippen LogP contribution is 2.30. The molecule has 5 nitrogen and oxygen atoms in total. The maximum atomic E-state index is 13.7. The number of amides is 1. The molecule has 0 unspecified atom stereocenters. The molecule has 0 saturated heterocycles. The first-order valence-electron chi connectivity index (χ1n) is 7.58. The molecule has 0 fully saturated rings. The van der Waals surface area contributed by atoms with Crippen LogP contribution < -0.4 is 14.8 Å². The minimum Gasteiger partial charge on any atom is -0.497 e. The Kier molecular flexibility index (Phi) is 4.70. The molecule has 1 heterocycles. The molecule has 3 aromatic rings. The van der Waals surface area contributed by atoms with E-state index in [2.05, 4.69) is 5.32 Å². The predicted octanol–water partition coefficient (Wildman–Crippen LogP) is 3.89. The van der Waals surface area contributed by atoms with Gasteiger partial charge >= 0.3 is 0 Å². The number of ether oxygens (including phenoxy) is 2. The van der Waals surface area contributed by atoms with Crippen LogP contribution in [0.5, 0.6) is 11.5 Å². The van der Waals surface area contributed by atoms with Crippen molar-refractivity contribution in [1.82, 2.24) is 4.57 Å². The van der Waals surface area contributed by atoms with Crippen molar-refractivity contribution >= 4 is 11.6 Å². The maximum Gasteiger partial charge on any atom is 0.258 e. The van der Waals surface area contributed by atoms with E-state index in [1.807, 2.05) is 12.1 Å². The third kappa shape index (κ3) is 3.47. The topological polar surface area (TPSA) is 52.5 Å². The smallest absolute Gasteiger partial charge is 0.258 e. The molecular formula is C19H17FN2O3. The van der Waals surface area contributed by atoms with Crippen LogP contribution in [0.3, 0.4) is 0 Å². The van der Waals surface area contributed by atoms with Gasteiger partial charge in [-0.2, -0.15) is 0 Å². The largest absolute Gasteiger partial charge is 0.497 e. The number of hydrogen-bond donors (Lipinski definition) is 1. The summed E-state index contributed by atoms with van der Waals surface area (Å²) in [5.41, 5.74) is 1.22. The lowest BCUT2D eigenvalue weighted by molar-refractivity contribution is 0.102. The van der Waals surface area contributed by atoms with E-state index in [9.17, 15) is 9.18 Å². The second-order valence-corrected chi connectivity index (χ2v) is 5.27. The van der Waals surface area contributed by atoms with Gasteiger partial charge in [-0.3, -0.25) is 4.79 Å². The zero-order valence-corrected chi connectivity index (χ0v) is 13.8. The quantitative estimate of drug-likeness (QED) is 0.767. The Hall–Kier alpha value is -3.28. The van der Waals surface area contributed by atoms with Gasteiger partial charge in [-0.05, 0) is 42.5 Å². The number of methoxy groups -OCH3 is 2. The molecule has 0 atom stereocenters. The Morgan fingerprint density at radius 2 is 1.80 bits per heavy atom. The number of aromatic nitrogens is 1. The number of nitrogens with zero attached hydrogens (tertiary/aromatic N) is 1. The molecule has 1 N–H and O–H groups in total. The lowest BCUT2D eigenvalue weighted by Crippen LogP contribution is -2.16. The summed E-state index contributed by atoms with van der Waals surface area (Å²) >= 11 is 0. The Morgan fingerprint density at radius 1 is 1.04 bits per heavy atom. The monoisotopic (exact) mass is 340 g/mol. The Bertz CT molecular complexity index is 892. The fraction of sp³-hybridized carbons (Fsp3) is 0.105. The minimum absolute atomic E-state index is 0.209. The second-order valence-electron chi connectivity index (χ2n) is 5.27. The Balaban J connectivity index is 1.98.